The summed E-state index contributed by atoms with van der Waals surface area (Å²) < 4.78 is 13.5. The van der Waals surface area contributed by atoms with Crippen LogP contribution in [-0.4, -0.2) is 4.98 Å². The molecule has 0 saturated heterocycles. The highest BCUT2D eigenvalue weighted by molar-refractivity contribution is 5.83. The quantitative estimate of drug-likeness (QED) is 0.701. The van der Waals surface area contributed by atoms with Gasteiger partial charge in [-0.05, 0) is 66.4 Å². The Morgan fingerprint density at radius 1 is 1.09 bits per heavy atom. The van der Waals surface area contributed by atoms with Gasteiger partial charge in [-0.15, -0.1) is 0 Å². The summed E-state index contributed by atoms with van der Waals surface area (Å²) in [5.74, 6) is 0.619. The van der Waals surface area contributed by atoms with Crippen LogP contribution in [0.1, 0.15) is 23.6 Å². The van der Waals surface area contributed by atoms with E-state index >= 15 is 0 Å². The summed E-state index contributed by atoms with van der Waals surface area (Å²) in [7, 11) is 0. The van der Waals surface area contributed by atoms with Crippen LogP contribution in [0.25, 0.3) is 10.9 Å². The third kappa shape index (κ3) is 2.26. The number of rotatable bonds is 2. The number of nitrogens with zero attached hydrogens (tertiary/aromatic N) is 1. The molecule has 1 atom stereocenters. The number of nitrogens with two attached hydrogens (primary N) is 1. The predicted molar refractivity (Wildman–Crippen MR) is 87.2 cm³/mol. The van der Waals surface area contributed by atoms with E-state index in [4.69, 9.17) is 5.73 Å². The Balaban J connectivity index is 1.65. The zero-order chi connectivity index (χ0) is 15.1. The lowest BCUT2D eigenvalue weighted by atomic mass is 10.1. The molecule has 2 aromatic carbocycles. The molecule has 0 bridgehead atoms. The molecule has 0 fully saturated rings. The maximum Gasteiger partial charge on any atom is 0.127 e. The molecule has 1 aromatic heterocycles. The average molecular weight is 293 g/mol. The Kier molecular flexibility index (Phi) is 2.96. The first kappa shape index (κ1) is 13.1. The minimum absolute atomic E-state index is 0.115. The highest BCUT2D eigenvalue weighted by Gasteiger charge is 2.23. The van der Waals surface area contributed by atoms with E-state index < -0.39 is 0 Å². The molecule has 22 heavy (non-hydrogen) atoms. The van der Waals surface area contributed by atoms with Crippen molar-refractivity contribution in [2.45, 2.75) is 18.9 Å². The molecule has 1 aliphatic rings. The van der Waals surface area contributed by atoms with Crippen LogP contribution in [0, 0.1) is 5.82 Å². The van der Waals surface area contributed by atoms with Gasteiger partial charge in [-0.3, -0.25) is 0 Å². The van der Waals surface area contributed by atoms with Crippen LogP contribution in [-0.2, 0) is 6.42 Å². The van der Waals surface area contributed by atoms with Gasteiger partial charge in [0.1, 0.15) is 11.6 Å². The van der Waals surface area contributed by atoms with E-state index in [0.29, 0.717) is 0 Å². The second-order valence-electron chi connectivity index (χ2n) is 5.73. The van der Waals surface area contributed by atoms with E-state index in [2.05, 4.69) is 10.3 Å². The van der Waals surface area contributed by atoms with Crippen molar-refractivity contribution in [2.75, 3.05) is 11.1 Å². The molecule has 1 unspecified atom stereocenters. The second-order valence-corrected chi connectivity index (χ2v) is 5.73. The van der Waals surface area contributed by atoms with Crippen molar-refractivity contribution in [1.82, 2.24) is 4.98 Å². The smallest absolute Gasteiger partial charge is 0.127 e. The van der Waals surface area contributed by atoms with Gasteiger partial charge >= 0.3 is 0 Å². The lowest BCUT2D eigenvalue weighted by Crippen LogP contribution is -2.08. The Bertz CT molecular complexity index is 860. The van der Waals surface area contributed by atoms with Gasteiger partial charge in [0, 0.05) is 11.1 Å². The summed E-state index contributed by atoms with van der Waals surface area (Å²) in [5, 5.41) is 4.44. The second kappa shape index (κ2) is 4.98. The van der Waals surface area contributed by atoms with E-state index in [1.807, 2.05) is 36.4 Å². The lowest BCUT2D eigenvalue weighted by Gasteiger charge is -2.15. The fraction of sp³-hybridized carbons (Fsp3) is 0.167. The summed E-state index contributed by atoms with van der Waals surface area (Å²) >= 11 is 0. The number of aryl methyl sites for hydroxylation is 1. The number of anilines is 2. The fourth-order valence-corrected chi connectivity index (χ4v) is 3.13. The van der Waals surface area contributed by atoms with Gasteiger partial charge in [0.05, 0.1) is 11.6 Å². The van der Waals surface area contributed by atoms with Crippen LogP contribution in [0.2, 0.25) is 0 Å². The van der Waals surface area contributed by atoms with E-state index in [1.54, 1.807) is 6.07 Å². The Morgan fingerprint density at radius 3 is 2.91 bits per heavy atom. The number of benzene rings is 2. The van der Waals surface area contributed by atoms with Crippen molar-refractivity contribution < 1.29 is 4.39 Å². The maximum absolute atomic E-state index is 13.5. The molecule has 0 spiro atoms. The number of aromatic nitrogens is 1. The monoisotopic (exact) mass is 293 g/mol. The normalized spacial score (nSPS) is 16.7. The van der Waals surface area contributed by atoms with Crippen LogP contribution in [0.4, 0.5) is 15.9 Å². The SMILES string of the molecule is Nc1ccc2nc(NC3CCc4ccc(F)cc43)ccc2c1. The topological polar surface area (TPSA) is 50.9 Å². The Labute approximate surface area is 128 Å². The molecular formula is C18H16FN3. The number of hydrogen-bond donors (Lipinski definition) is 2. The Morgan fingerprint density at radius 2 is 2.00 bits per heavy atom. The van der Waals surface area contributed by atoms with Crippen LogP contribution < -0.4 is 11.1 Å². The van der Waals surface area contributed by atoms with E-state index in [9.17, 15) is 4.39 Å². The standard InChI is InChI=1S/C18H16FN3/c19-13-4-1-11-2-6-17(15(11)10-13)22-18-8-3-12-9-14(20)5-7-16(12)21-18/h1,3-5,7-10,17H,2,6,20H2,(H,21,22). The van der Waals surface area contributed by atoms with Crippen molar-refractivity contribution in [3.05, 3.63) is 65.5 Å². The molecule has 4 rings (SSSR count). The molecule has 0 aliphatic heterocycles. The molecule has 0 amide bonds. The summed E-state index contributed by atoms with van der Waals surface area (Å²) in [6, 6.07) is 14.8. The molecule has 3 nitrogen and oxygen atoms in total. The van der Waals surface area contributed by atoms with Gasteiger partial charge in [-0.2, -0.15) is 0 Å². The van der Waals surface area contributed by atoms with E-state index in [1.165, 1.54) is 11.6 Å². The predicted octanol–water partition coefficient (Wildman–Crippen LogP) is 4.06. The van der Waals surface area contributed by atoms with Crippen molar-refractivity contribution in [2.24, 2.45) is 0 Å². The zero-order valence-corrected chi connectivity index (χ0v) is 12.0. The van der Waals surface area contributed by atoms with Crippen LogP contribution >= 0.6 is 0 Å². The van der Waals surface area contributed by atoms with Gasteiger partial charge in [0.25, 0.3) is 0 Å². The molecular weight excluding hydrogens is 277 g/mol. The van der Waals surface area contributed by atoms with Crippen LogP contribution in [0.3, 0.4) is 0 Å². The number of hydrogen-bond acceptors (Lipinski definition) is 3. The summed E-state index contributed by atoms with van der Waals surface area (Å²) in [5.41, 5.74) is 9.67. The first-order valence-electron chi connectivity index (χ1n) is 7.40. The minimum Gasteiger partial charge on any atom is -0.399 e. The average Bonchev–Trinajstić information content (AvgIpc) is 2.90. The zero-order valence-electron chi connectivity index (χ0n) is 12.0. The first-order valence-corrected chi connectivity index (χ1v) is 7.40. The molecule has 1 heterocycles. The third-order valence-corrected chi connectivity index (χ3v) is 4.22. The number of halogens is 1. The largest absolute Gasteiger partial charge is 0.399 e. The van der Waals surface area contributed by atoms with Crippen LogP contribution in [0.15, 0.2) is 48.5 Å². The maximum atomic E-state index is 13.5. The molecule has 4 heteroatoms. The van der Waals surface area contributed by atoms with E-state index in [0.717, 1.165) is 40.8 Å². The highest BCUT2D eigenvalue weighted by atomic mass is 19.1. The minimum atomic E-state index is -0.186. The first-order chi connectivity index (χ1) is 10.7. The van der Waals surface area contributed by atoms with Gasteiger partial charge in [0.2, 0.25) is 0 Å². The number of fused-ring (bicyclic) bond motifs is 2. The molecule has 1 aliphatic carbocycles. The Hall–Kier alpha value is -2.62. The van der Waals surface area contributed by atoms with Crippen LogP contribution in [0.5, 0.6) is 0 Å². The van der Waals surface area contributed by atoms with Crippen molar-refractivity contribution in [3.8, 4) is 0 Å². The molecule has 0 radical (unpaired) electrons. The number of nitrogens with one attached hydrogen (secondary N) is 1. The van der Waals surface area contributed by atoms with Crippen molar-refractivity contribution in [1.29, 1.82) is 0 Å². The summed E-state index contributed by atoms with van der Waals surface area (Å²) in [4.78, 5) is 4.61. The molecule has 3 N–H and O–H groups in total. The number of nitrogen functional groups attached to an aromatic ring is 1. The molecule has 110 valence electrons. The van der Waals surface area contributed by atoms with Gasteiger partial charge in [0.15, 0.2) is 0 Å². The van der Waals surface area contributed by atoms with Crippen molar-refractivity contribution >= 4 is 22.4 Å². The lowest BCUT2D eigenvalue weighted by molar-refractivity contribution is 0.624. The summed E-state index contributed by atoms with van der Waals surface area (Å²) in [6.45, 7) is 0. The highest BCUT2D eigenvalue weighted by Crippen LogP contribution is 2.34. The van der Waals surface area contributed by atoms with Crippen molar-refractivity contribution in [3.63, 3.8) is 0 Å². The fourth-order valence-electron chi connectivity index (χ4n) is 3.13. The van der Waals surface area contributed by atoms with Gasteiger partial charge in [-0.1, -0.05) is 6.07 Å². The van der Waals surface area contributed by atoms with Gasteiger partial charge in [-0.25, -0.2) is 9.37 Å². The van der Waals surface area contributed by atoms with E-state index in [-0.39, 0.29) is 11.9 Å². The summed E-state index contributed by atoms with van der Waals surface area (Å²) in [6.07, 6.45) is 1.93. The third-order valence-electron chi connectivity index (χ3n) is 4.22. The number of pyridine rings is 1. The molecule has 0 saturated carbocycles. The van der Waals surface area contributed by atoms with Gasteiger partial charge < -0.3 is 11.1 Å². The molecule has 3 aromatic rings.